The highest BCUT2D eigenvalue weighted by Crippen LogP contribution is 2.25. The van der Waals surface area contributed by atoms with Crippen LogP contribution in [-0.2, 0) is 9.53 Å². The van der Waals surface area contributed by atoms with Gasteiger partial charge in [-0.15, -0.1) is 12.4 Å². The molecule has 0 unspecified atom stereocenters. The fourth-order valence-corrected chi connectivity index (χ4v) is 1.24. The lowest BCUT2D eigenvalue weighted by Crippen LogP contribution is -2.31. The Morgan fingerprint density at radius 1 is 1.64 bits per heavy atom. The van der Waals surface area contributed by atoms with Crippen molar-refractivity contribution in [2.75, 3.05) is 20.2 Å². The first-order chi connectivity index (χ1) is 4.69. The minimum Gasteiger partial charge on any atom is -0.469 e. The standard InChI is InChI=1S/C7H13NO2.ClH/c1-7(6(9)10-2)3-4-8-5-7;/h8H,3-5H2,1-2H3;1H/t7-;/m0./s1. The fraction of sp³-hybridized carbons (Fsp3) is 0.857. The van der Waals surface area contributed by atoms with Crippen molar-refractivity contribution in [1.29, 1.82) is 0 Å². The van der Waals surface area contributed by atoms with Gasteiger partial charge in [-0.3, -0.25) is 4.79 Å². The topological polar surface area (TPSA) is 38.3 Å². The molecule has 1 atom stereocenters. The highest BCUT2D eigenvalue weighted by Gasteiger charge is 2.37. The van der Waals surface area contributed by atoms with E-state index in [9.17, 15) is 4.79 Å². The normalized spacial score (nSPS) is 29.3. The van der Waals surface area contributed by atoms with Crippen LogP contribution in [0.1, 0.15) is 13.3 Å². The zero-order chi connectivity index (χ0) is 7.61. The number of esters is 1. The molecule has 1 N–H and O–H groups in total. The molecule has 1 aliphatic heterocycles. The number of hydrogen-bond acceptors (Lipinski definition) is 3. The SMILES string of the molecule is COC(=O)[C@@]1(C)CCNC1.Cl. The molecule has 0 aliphatic carbocycles. The molecular formula is C7H14ClNO2. The van der Waals surface area contributed by atoms with Crippen LogP contribution in [0.5, 0.6) is 0 Å². The molecule has 0 saturated carbocycles. The van der Waals surface area contributed by atoms with Crippen molar-refractivity contribution in [3.63, 3.8) is 0 Å². The first-order valence-electron chi connectivity index (χ1n) is 3.48. The fourth-order valence-electron chi connectivity index (χ4n) is 1.24. The Bertz CT molecular complexity index is 143. The van der Waals surface area contributed by atoms with Gasteiger partial charge in [-0.1, -0.05) is 0 Å². The van der Waals surface area contributed by atoms with Gasteiger partial charge in [0, 0.05) is 6.54 Å². The third-order valence-corrected chi connectivity index (χ3v) is 2.05. The van der Waals surface area contributed by atoms with Crippen molar-refractivity contribution >= 4 is 18.4 Å². The highest BCUT2D eigenvalue weighted by atomic mass is 35.5. The molecule has 1 rings (SSSR count). The van der Waals surface area contributed by atoms with Crippen molar-refractivity contribution in [2.24, 2.45) is 5.41 Å². The minimum atomic E-state index is -0.269. The van der Waals surface area contributed by atoms with Crippen LogP contribution in [0.3, 0.4) is 0 Å². The molecule has 0 bridgehead atoms. The van der Waals surface area contributed by atoms with Crippen LogP contribution >= 0.6 is 12.4 Å². The smallest absolute Gasteiger partial charge is 0.312 e. The predicted molar refractivity (Wildman–Crippen MR) is 44.9 cm³/mol. The molecule has 3 nitrogen and oxygen atoms in total. The molecule has 0 radical (unpaired) electrons. The quantitative estimate of drug-likeness (QED) is 0.599. The number of carbonyl (C=O) groups is 1. The summed E-state index contributed by atoms with van der Waals surface area (Å²) in [6, 6.07) is 0. The van der Waals surface area contributed by atoms with Crippen LogP contribution in [0.2, 0.25) is 0 Å². The Morgan fingerprint density at radius 2 is 2.27 bits per heavy atom. The van der Waals surface area contributed by atoms with E-state index in [0.717, 1.165) is 19.5 Å². The molecule has 1 heterocycles. The first-order valence-corrected chi connectivity index (χ1v) is 3.48. The van der Waals surface area contributed by atoms with Gasteiger partial charge in [-0.25, -0.2) is 0 Å². The van der Waals surface area contributed by atoms with E-state index in [-0.39, 0.29) is 23.8 Å². The Labute approximate surface area is 72.9 Å². The zero-order valence-electron chi connectivity index (χ0n) is 6.85. The molecule has 0 aromatic heterocycles. The van der Waals surface area contributed by atoms with Gasteiger partial charge >= 0.3 is 5.97 Å². The molecular weight excluding hydrogens is 166 g/mol. The van der Waals surface area contributed by atoms with Crippen molar-refractivity contribution in [3.05, 3.63) is 0 Å². The Morgan fingerprint density at radius 3 is 2.64 bits per heavy atom. The van der Waals surface area contributed by atoms with Gasteiger partial charge in [0.15, 0.2) is 0 Å². The minimum absolute atomic E-state index is 0. The Balaban J connectivity index is 0.000001000. The summed E-state index contributed by atoms with van der Waals surface area (Å²) < 4.78 is 4.66. The van der Waals surface area contributed by atoms with Crippen LogP contribution in [0.15, 0.2) is 0 Å². The van der Waals surface area contributed by atoms with Crippen LogP contribution in [0.25, 0.3) is 0 Å². The number of hydrogen-bond donors (Lipinski definition) is 1. The van der Waals surface area contributed by atoms with Gasteiger partial charge in [0.1, 0.15) is 0 Å². The molecule has 1 aliphatic rings. The second-order valence-electron chi connectivity index (χ2n) is 2.98. The summed E-state index contributed by atoms with van der Waals surface area (Å²) in [5.41, 5.74) is -0.269. The van der Waals surface area contributed by atoms with Gasteiger partial charge in [-0.05, 0) is 19.9 Å². The van der Waals surface area contributed by atoms with Gasteiger partial charge in [-0.2, -0.15) is 0 Å². The van der Waals surface area contributed by atoms with E-state index in [0.29, 0.717) is 0 Å². The van der Waals surface area contributed by atoms with Crippen LogP contribution < -0.4 is 5.32 Å². The number of nitrogens with one attached hydrogen (secondary N) is 1. The summed E-state index contributed by atoms with van der Waals surface area (Å²) in [5, 5.41) is 3.13. The average molecular weight is 180 g/mol. The third kappa shape index (κ3) is 2.07. The van der Waals surface area contributed by atoms with Gasteiger partial charge in [0.25, 0.3) is 0 Å². The molecule has 1 fully saturated rings. The average Bonchev–Trinajstić information content (AvgIpc) is 2.36. The van der Waals surface area contributed by atoms with Crippen molar-refractivity contribution in [2.45, 2.75) is 13.3 Å². The maximum atomic E-state index is 11.1. The summed E-state index contributed by atoms with van der Waals surface area (Å²) in [4.78, 5) is 11.1. The number of halogens is 1. The number of rotatable bonds is 1. The predicted octanol–water partition coefficient (Wildman–Crippen LogP) is 0.581. The van der Waals surface area contributed by atoms with Crippen LogP contribution in [0, 0.1) is 5.41 Å². The summed E-state index contributed by atoms with van der Waals surface area (Å²) in [5.74, 6) is -0.0995. The monoisotopic (exact) mass is 179 g/mol. The van der Waals surface area contributed by atoms with Crippen LogP contribution in [-0.4, -0.2) is 26.2 Å². The van der Waals surface area contributed by atoms with Crippen molar-refractivity contribution in [1.82, 2.24) is 5.32 Å². The number of methoxy groups -OCH3 is 1. The molecule has 4 heteroatoms. The van der Waals surface area contributed by atoms with Crippen LogP contribution in [0.4, 0.5) is 0 Å². The third-order valence-electron chi connectivity index (χ3n) is 2.05. The van der Waals surface area contributed by atoms with E-state index in [2.05, 4.69) is 10.1 Å². The van der Waals surface area contributed by atoms with E-state index < -0.39 is 0 Å². The second kappa shape index (κ2) is 3.93. The molecule has 66 valence electrons. The lowest BCUT2D eigenvalue weighted by Gasteiger charge is -2.18. The maximum absolute atomic E-state index is 11.1. The van der Waals surface area contributed by atoms with Gasteiger partial charge in [0.05, 0.1) is 12.5 Å². The summed E-state index contributed by atoms with van der Waals surface area (Å²) in [6.07, 6.45) is 0.889. The summed E-state index contributed by atoms with van der Waals surface area (Å²) in [6.45, 7) is 3.60. The highest BCUT2D eigenvalue weighted by molar-refractivity contribution is 5.85. The Hall–Kier alpha value is -0.280. The molecule has 0 amide bonds. The lowest BCUT2D eigenvalue weighted by molar-refractivity contribution is -0.150. The van der Waals surface area contributed by atoms with Gasteiger partial charge < -0.3 is 10.1 Å². The van der Waals surface area contributed by atoms with E-state index in [1.165, 1.54) is 7.11 Å². The molecule has 1 saturated heterocycles. The number of carbonyl (C=O) groups excluding carboxylic acids is 1. The Kier molecular flexibility index (Phi) is 3.83. The lowest BCUT2D eigenvalue weighted by atomic mass is 9.90. The van der Waals surface area contributed by atoms with E-state index in [1.807, 2.05) is 6.92 Å². The summed E-state index contributed by atoms with van der Waals surface area (Å²) >= 11 is 0. The second-order valence-corrected chi connectivity index (χ2v) is 2.98. The molecule has 0 aromatic carbocycles. The molecule has 0 spiro atoms. The van der Waals surface area contributed by atoms with Gasteiger partial charge in [0.2, 0.25) is 0 Å². The summed E-state index contributed by atoms with van der Waals surface area (Å²) in [7, 11) is 1.44. The van der Waals surface area contributed by atoms with Crippen molar-refractivity contribution < 1.29 is 9.53 Å². The number of ether oxygens (including phenoxy) is 1. The first kappa shape index (κ1) is 10.7. The van der Waals surface area contributed by atoms with E-state index in [1.54, 1.807) is 0 Å². The molecule has 11 heavy (non-hydrogen) atoms. The molecule has 0 aromatic rings. The maximum Gasteiger partial charge on any atom is 0.312 e. The zero-order valence-corrected chi connectivity index (χ0v) is 7.66. The largest absolute Gasteiger partial charge is 0.469 e. The van der Waals surface area contributed by atoms with E-state index in [4.69, 9.17) is 0 Å². The van der Waals surface area contributed by atoms with Crippen molar-refractivity contribution in [3.8, 4) is 0 Å². The van der Waals surface area contributed by atoms with E-state index >= 15 is 0 Å².